The second-order valence-electron chi connectivity index (χ2n) is 9.91. The van der Waals surface area contributed by atoms with Gasteiger partial charge in [0.1, 0.15) is 11.5 Å². The number of nitrogens with one attached hydrogen (secondary N) is 1. The Morgan fingerprint density at radius 2 is 1.79 bits per heavy atom. The van der Waals surface area contributed by atoms with Gasteiger partial charge in [-0.05, 0) is 68.7 Å². The molecule has 1 aliphatic rings. The summed E-state index contributed by atoms with van der Waals surface area (Å²) in [4.78, 5) is 53.7. The number of carbonyl (C=O) groups excluding carboxylic acids is 4. The van der Waals surface area contributed by atoms with Gasteiger partial charge in [0, 0.05) is 10.6 Å². The molecule has 0 radical (unpaired) electrons. The van der Waals surface area contributed by atoms with Gasteiger partial charge in [-0.15, -0.1) is 0 Å². The fourth-order valence-electron chi connectivity index (χ4n) is 4.21. The van der Waals surface area contributed by atoms with E-state index >= 15 is 0 Å². The molecular formula is C29H35ClN2O7. The van der Waals surface area contributed by atoms with Crippen molar-refractivity contribution in [3.05, 3.63) is 53.1 Å². The summed E-state index contributed by atoms with van der Waals surface area (Å²) in [5, 5.41) is 2.98. The SMILES string of the molecule is CCCCC(CC)COc1ccc(Cl)cc1NC(=O)C(C(=O)c1ccc(OC)cc1)N1C(=O)OC(C)(C)C1=O. The number of amides is 3. The molecule has 1 fully saturated rings. The molecule has 0 aromatic heterocycles. The quantitative estimate of drug-likeness (QED) is 0.241. The smallest absolute Gasteiger partial charge is 0.418 e. The van der Waals surface area contributed by atoms with E-state index in [1.165, 1.54) is 39.2 Å². The minimum absolute atomic E-state index is 0.102. The molecule has 10 heteroatoms. The van der Waals surface area contributed by atoms with Crippen molar-refractivity contribution in [1.82, 2.24) is 4.90 Å². The van der Waals surface area contributed by atoms with Crippen LogP contribution in [0.25, 0.3) is 0 Å². The second kappa shape index (κ2) is 13.0. The van der Waals surface area contributed by atoms with Crippen LogP contribution in [-0.4, -0.2) is 54.0 Å². The van der Waals surface area contributed by atoms with Crippen molar-refractivity contribution >= 4 is 41.0 Å². The van der Waals surface area contributed by atoms with Gasteiger partial charge in [0.15, 0.2) is 17.4 Å². The minimum Gasteiger partial charge on any atom is -0.497 e. The van der Waals surface area contributed by atoms with Crippen LogP contribution < -0.4 is 14.8 Å². The first-order valence-electron chi connectivity index (χ1n) is 13.0. The first-order valence-corrected chi connectivity index (χ1v) is 13.4. The molecule has 0 saturated carbocycles. The minimum atomic E-state index is -1.83. The summed E-state index contributed by atoms with van der Waals surface area (Å²) >= 11 is 6.21. The molecule has 1 N–H and O–H groups in total. The molecule has 2 atom stereocenters. The second-order valence-corrected chi connectivity index (χ2v) is 10.3. The number of rotatable bonds is 13. The Bertz CT molecular complexity index is 1210. The van der Waals surface area contributed by atoms with Crippen molar-refractivity contribution in [1.29, 1.82) is 0 Å². The van der Waals surface area contributed by atoms with E-state index < -0.39 is 35.3 Å². The maximum Gasteiger partial charge on any atom is 0.418 e. The zero-order valence-electron chi connectivity index (χ0n) is 22.9. The van der Waals surface area contributed by atoms with Crippen LogP contribution in [0.5, 0.6) is 11.5 Å². The van der Waals surface area contributed by atoms with Gasteiger partial charge in [0.05, 0.1) is 19.4 Å². The Morgan fingerprint density at radius 3 is 2.36 bits per heavy atom. The first-order chi connectivity index (χ1) is 18.5. The predicted molar refractivity (Wildman–Crippen MR) is 147 cm³/mol. The van der Waals surface area contributed by atoms with Crippen LogP contribution >= 0.6 is 11.6 Å². The molecule has 0 aliphatic carbocycles. The molecule has 2 aromatic carbocycles. The van der Waals surface area contributed by atoms with Crippen LogP contribution in [0, 0.1) is 5.92 Å². The number of benzene rings is 2. The van der Waals surface area contributed by atoms with Crippen LogP contribution in [0.3, 0.4) is 0 Å². The Morgan fingerprint density at radius 1 is 1.10 bits per heavy atom. The molecule has 3 rings (SSSR count). The van der Waals surface area contributed by atoms with E-state index in [2.05, 4.69) is 19.2 Å². The molecule has 2 unspecified atom stereocenters. The zero-order valence-corrected chi connectivity index (χ0v) is 23.7. The largest absolute Gasteiger partial charge is 0.497 e. The van der Waals surface area contributed by atoms with E-state index in [1.807, 2.05) is 0 Å². The standard InChI is InChI=1S/C29H35ClN2O7/c1-6-8-9-18(7-2)17-38-23-15-12-20(30)16-22(23)31-26(34)24(32-27(35)29(3,4)39-28(32)36)25(33)19-10-13-21(37-5)14-11-19/h10-16,18,24H,6-9,17H2,1-5H3,(H,31,34). The normalized spacial score (nSPS) is 15.9. The van der Waals surface area contributed by atoms with E-state index in [0.29, 0.717) is 33.9 Å². The number of imide groups is 1. The summed E-state index contributed by atoms with van der Waals surface area (Å²) in [5.41, 5.74) is -1.22. The third kappa shape index (κ3) is 7.09. The highest BCUT2D eigenvalue weighted by Crippen LogP contribution is 2.32. The molecular weight excluding hydrogens is 524 g/mol. The number of nitrogens with zero attached hydrogens (tertiary/aromatic N) is 1. The van der Waals surface area contributed by atoms with E-state index in [1.54, 1.807) is 24.3 Å². The molecule has 0 spiro atoms. The maximum atomic E-state index is 13.7. The lowest BCUT2D eigenvalue weighted by atomic mass is 10.00. The molecule has 2 aromatic rings. The van der Waals surface area contributed by atoms with Gasteiger partial charge < -0.3 is 19.5 Å². The number of unbranched alkanes of at least 4 members (excludes halogenated alkanes) is 1. The molecule has 1 aliphatic heterocycles. The van der Waals surface area contributed by atoms with Crippen LogP contribution in [0.4, 0.5) is 10.5 Å². The third-order valence-electron chi connectivity index (χ3n) is 6.62. The zero-order chi connectivity index (χ0) is 28.7. The number of ether oxygens (including phenoxy) is 3. The number of ketones is 1. The molecule has 9 nitrogen and oxygen atoms in total. The number of halogens is 1. The number of hydrogen-bond acceptors (Lipinski definition) is 7. The number of anilines is 1. The lowest BCUT2D eigenvalue weighted by Gasteiger charge is -2.24. The van der Waals surface area contributed by atoms with Gasteiger partial charge >= 0.3 is 6.09 Å². The fraction of sp³-hybridized carbons (Fsp3) is 0.448. The van der Waals surface area contributed by atoms with E-state index in [9.17, 15) is 19.2 Å². The number of Topliss-reactive ketones (excluding diaryl/α,β-unsaturated/α-hetero) is 1. The molecule has 39 heavy (non-hydrogen) atoms. The molecule has 1 saturated heterocycles. The van der Waals surface area contributed by atoms with Gasteiger partial charge in [-0.3, -0.25) is 14.4 Å². The average molecular weight is 559 g/mol. The van der Waals surface area contributed by atoms with Crippen molar-refractivity contribution in [3.8, 4) is 11.5 Å². The highest BCUT2D eigenvalue weighted by atomic mass is 35.5. The fourth-order valence-corrected chi connectivity index (χ4v) is 4.38. The summed E-state index contributed by atoms with van der Waals surface area (Å²) in [6, 6.07) is 8.90. The highest BCUT2D eigenvalue weighted by molar-refractivity contribution is 6.31. The maximum absolute atomic E-state index is 13.7. The van der Waals surface area contributed by atoms with E-state index in [4.69, 9.17) is 25.8 Å². The van der Waals surface area contributed by atoms with Crippen LogP contribution in [-0.2, 0) is 14.3 Å². The van der Waals surface area contributed by atoms with Gasteiger partial charge in [-0.2, -0.15) is 0 Å². The predicted octanol–water partition coefficient (Wildman–Crippen LogP) is 5.89. The average Bonchev–Trinajstić information content (AvgIpc) is 3.11. The molecule has 210 valence electrons. The summed E-state index contributed by atoms with van der Waals surface area (Å²) in [6.45, 7) is 7.45. The summed E-state index contributed by atoms with van der Waals surface area (Å²) in [7, 11) is 1.48. The van der Waals surface area contributed by atoms with Crippen molar-refractivity contribution in [2.45, 2.75) is 65.0 Å². The lowest BCUT2D eigenvalue weighted by molar-refractivity contribution is -0.137. The molecule has 1 heterocycles. The van der Waals surface area contributed by atoms with Gasteiger partial charge in [-0.1, -0.05) is 44.7 Å². The Hall–Kier alpha value is -3.59. The highest BCUT2D eigenvalue weighted by Gasteiger charge is 2.54. The van der Waals surface area contributed by atoms with Gasteiger partial charge in [0.2, 0.25) is 0 Å². The Balaban J connectivity index is 1.94. The number of carbonyl (C=O) groups is 4. The van der Waals surface area contributed by atoms with Crippen molar-refractivity contribution < 1.29 is 33.4 Å². The monoisotopic (exact) mass is 558 g/mol. The first kappa shape index (κ1) is 30.0. The van der Waals surface area contributed by atoms with Gasteiger partial charge in [0.25, 0.3) is 11.8 Å². The van der Waals surface area contributed by atoms with Crippen LogP contribution in [0.1, 0.15) is 63.7 Å². The topological polar surface area (TPSA) is 111 Å². The lowest BCUT2D eigenvalue weighted by Crippen LogP contribution is -2.53. The van der Waals surface area contributed by atoms with Gasteiger partial charge in [-0.25, -0.2) is 9.69 Å². The summed E-state index contributed by atoms with van der Waals surface area (Å²) < 4.78 is 16.4. The van der Waals surface area contributed by atoms with Crippen LogP contribution in [0.15, 0.2) is 42.5 Å². The van der Waals surface area contributed by atoms with Crippen molar-refractivity contribution in [2.75, 3.05) is 19.0 Å². The number of methoxy groups -OCH3 is 1. The Kier molecular flexibility index (Phi) is 9.97. The molecule has 0 bridgehead atoms. The summed E-state index contributed by atoms with van der Waals surface area (Å²) in [6.07, 6.45) is 3.02. The number of cyclic esters (lactones) is 1. The van der Waals surface area contributed by atoms with Crippen LogP contribution in [0.2, 0.25) is 5.02 Å². The Labute approximate surface area is 233 Å². The summed E-state index contributed by atoms with van der Waals surface area (Å²) in [5.74, 6) is -1.31. The van der Waals surface area contributed by atoms with E-state index in [-0.39, 0.29) is 11.3 Å². The van der Waals surface area contributed by atoms with Crippen molar-refractivity contribution in [3.63, 3.8) is 0 Å². The van der Waals surface area contributed by atoms with Crippen molar-refractivity contribution in [2.24, 2.45) is 5.92 Å². The number of hydrogen-bond donors (Lipinski definition) is 1. The van der Waals surface area contributed by atoms with E-state index in [0.717, 1.165) is 25.7 Å². The molecule has 3 amide bonds. The third-order valence-corrected chi connectivity index (χ3v) is 6.85.